The molecule has 1 N–H and O–H groups in total. The zero-order valence-electron chi connectivity index (χ0n) is 21.8. The molecule has 0 aromatic heterocycles. The van der Waals surface area contributed by atoms with E-state index in [1.54, 1.807) is 30.0 Å². The molecule has 7 nitrogen and oxygen atoms in total. The highest BCUT2D eigenvalue weighted by Crippen LogP contribution is 2.52. The molecule has 10 heteroatoms. The van der Waals surface area contributed by atoms with E-state index in [1.807, 2.05) is 37.3 Å². The van der Waals surface area contributed by atoms with Crippen LogP contribution in [-0.2, 0) is 19.6 Å². The number of amides is 1. The Morgan fingerprint density at radius 2 is 1.79 bits per heavy atom. The molecule has 1 amide bonds. The number of carboxylic acids is 1. The van der Waals surface area contributed by atoms with Crippen molar-refractivity contribution in [2.45, 2.75) is 70.0 Å². The van der Waals surface area contributed by atoms with E-state index in [-0.39, 0.29) is 30.8 Å². The quantitative estimate of drug-likeness (QED) is 0.387. The minimum Gasteiger partial charge on any atom is -0.481 e. The van der Waals surface area contributed by atoms with E-state index in [0.717, 1.165) is 24.0 Å². The lowest BCUT2D eigenvalue weighted by Crippen LogP contribution is -2.58. The van der Waals surface area contributed by atoms with Crippen LogP contribution >= 0.6 is 23.2 Å². The zero-order valence-corrected chi connectivity index (χ0v) is 24.1. The SMILES string of the molecule is CC[C@@H](CN(C1CC1)S(C)(=O)=O)N1C(=O)[C@@](C)(CC(=O)O)C[C@H](c2cccc(Cl)c2)[C@H]1c1ccc(Cl)cc1. The van der Waals surface area contributed by atoms with Crippen molar-refractivity contribution in [2.24, 2.45) is 5.41 Å². The molecule has 1 aliphatic heterocycles. The van der Waals surface area contributed by atoms with E-state index < -0.39 is 33.5 Å². The summed E-state index contributed by atoms with van der Waals surface area (Å²) in [7, 11) is -3.50. The number of nitrogens with zero attached hydrogens (tertiary/aromatic N) is 2. The molecule has 38 heavy (non-hydrogen) atoms. The standard InChI is InChI=1S/C28H34Cl2N2O5S/c1-4-22(17-31(23-12-13-23)38(3,36)37)32-26(18-8-10-20(29)11-9-18)24(19-6-5-7-21(30)14-19)15-28(2,27(32)35)16-25(33)34/h5-11,14,22-24,26H,4,12-13,15-17H2,1-3H3,(H,33,34)/t22-,24+,26+,28+/m0/s1. The Morgan fingerprint density at radius 1 is 1.13 bits per heavy atom. The summed E-state index contributed by atoms with van der Waals surface area (Å²) in [6.07, 6.45) is 3.26. The third-order valence-corrected chi connectivity index (χ3v) is 9.55. The lowest BCUT2D eigenvalue weighted by Gasteiger charge is -2.52. The van der Waals surface area contributed by atoms with Crippen LogP contribution in [-0.4, -0.2) is 59.5 Å². The van der Waals surface area contributed by atoms with Crippen LogP contribution in [0.4, 0.5) is 0 Å². The van der Waals surface area contributed by atoms with Crippen molar-refractivity contribution in [3.63, 3.8) is 0 Å². The molecule has 4 atom stereocenters. The second-order valence-corrected chi connectivity index (χ2v) is 13.6. The molecule has 4 rings (SSSR count). The van der Waals surface area contributed by atoms with Crippen molar-refractivity contribution in [3.8, 4) is 0 Å². The van der Waals surface area contributed by atoms with Gasteiger partial charge in [0.05, 0.1) is 24.1 Å². The molecule has 0 unspecified atom stereocenters. The van der Waals surface area contributed by atoms with E-state index in [9.17, 15) is 23.1 Å². The maximum absolute atomic E-state index is 14.3. The van der Waals surface area contributed by atoms with Crippen molar-refractivity contribution in [3.05, 3.63) is 69.7 Å². The van der Waals surface area contributed by atoms with Gasteiger partial charge in [0, 0.05) is 34.6 Å². The number of carbonyl (C=O) groups is 2. The molecular formula is C28H34Cl2N2O5S. The number of sulfonamides is 1. The first kappa shape index (κ1) is 28.9. The van der Waals surface area contributed by atoms with Crippen LogP contribution in [0.15, 0.2) is 48.5 Å². The molecule has 1 aliphatic carbocycles. The largest absolute Gasteiger partial charge is 0.481 e. The van der Waals surface area contributed by atoms with Crippen molar-refractivity contribution in [1.29, 1.82) is 0 Å². The van der Waals surface area contributed by atoms with E-state index in [4.69, 9.17) is 23.2 Å². The number of piperidine rings is 1. The topological polar surface area (TPSA) is 95.0 Å². The minimum atomic E-state index is -3.50. The molecule has 2 aliphatic rings. The average molecular weight is 582 g/mol. The first-order chi connectivity index (χ1) is 17.8. The van der Waals surface area contributed by atoms with Crippen molar-refractivity contribution in [1.82, 2.24) is 9.21 Å². The number of aliphatic carboxylic acids is 1. The van der Waals surface area contributed by atoms with E-state index in [1.165, 1.54) is 10.6 Å². The average Bonchev–Trinajstić information content (AvgIpc) is 3.66. The van der Waals surface area contributed by atoms with E-state index in [0.29, 0.717) is 22.9 Å². The van der Waals surface area contributed by atoms with Crippen molar-refractivity contribution < 1.29 is 23.1 Å². The molecular weight excluding hydrogens is 547 g/mol. The first-order valence-electron chi connectivity index (χ1n) is 12.9. The Hall–Kier alpha value is -2.13. The number of benzene rings is 2. The third kappa shape index (κ3) is 6.19. The molecule has 1 saturated heterocycles. The Balaban J connectivity index is 1.89. The number of hydrogen-bond donors (Lipinski definition) is 1. The number of hydrogen-bond acceptors (Lipinski definition) is 4. The summed E-state index contributed by atoms with van der Waals surface area (Å²) < 4.78 is 27.0. The summed E-state index contributed by atoms with van der Waals surface area (Å²) in [5, 5.41) is 10.9. The molecule has 0 spiro atoms. The highest BCUT2D eigenvalue weighted by molar-refractivity contribution is 7.88. The van der Waals surface area contributed by atoms with Gasteiger partial charge in [-0.2, -0.15) is 4.31 Å². The van der Waals surface area contributed by atoms with Gasteiger partial charge in [0.15, 0.2) is 0 Å². The fourth-order valence-electron chi connectivity index (χ4n) is 5.82. The second-order valence-electron chi connectivity index (χ2n) is 10.8. The first-order valence-corrected chi connectivity index (χ1v) is 15.5. The lowest BCUT2D eigenvalue weighted by molar-refractivity contribution is -0.160. The van der Waals surface area contributed by atoms with Gasteiger partial charge in [-0.25, -0.2) is 8.42 Å². The smallest absolute Gasteiger partial charge is 0.304 e. The molecule has 206 valence electrons. The summed E-state index contributed by atoms with van der Waals surface area (Å²) in [4.78, 5) is 28.1. The molecule has 1 saturated carbocycles. The second kappa shape index (κ2) is 11.2. The number of rotatable bonds is 10. The molecule has 0 radical (unpaired) electrons. The fourth-order valence-corrected chi connectivity index (χ4v) is 7.34. The minimum absolute atomic E-state index is 0.0675. The fraction of sp³-hybridized carbons (Fsp3) is 0.500. The van der Waals surface area contributed by atoms with Gasteiger partial charge in [0.25, 0.3) is 0 Å². The third-order valence-electron chi connectivity index (χ3n) is 7.77. The maximum atomic E-state index is 14.3. The summed E-state index contributed by atoms with van der Waals surface area (Å²) in [5.41, 5.74) is 0.550. The van der Waals surface area contributed by atoms with Crippen LogP contribution in [0.25, 0.3) is 0 Å². The summed E-state index contributed by atoms with van der Waals surface area (Å²) in [5.74, 6) is -1.62. The van der Waals surface area contributed by atoms with Gasteiger partial charge >= 0.3 is 5.97 Å². The van der Waals surface area contributed by atoms with E-state index >= 15 is 0 Å². The Morgan fingerprint density at radius 3 is 2.32 bits per heavy atom. The van der Waals surface area contributed by atoms with Gasteiger partial charge in [-0.3, -0.25) is 9.59 Å². The van der Waals surface area contributed by atoms with Crippen LogP contribution in [0.5, 0.6) is 0 Å². The van der Waals surface area contributed by atoms with Gasteiger partial charge < -0.3 is 10.0 Å². The molecule has 2 fully saturated rings. The lowest BCUT2D eigenvalue weighted by atomic mass is 9.67. The normalized spacial score (nSPS) is 25.0. The van der Waals surface area contributed by atoms with Crippen LogP contribution in [0.3, 0.4) is 0 Å². The van der Waals surface area contributed by atoms with Crippen molar-refractivity contribution in [2.75, 3.05) is 12.8 Å². The Kier molecular flexibility index (Phi) is 8.48. The van der Waals surface area contributed by atoms with Gasteiger partial charge in [-0.1, -0.05) is 61.3 Å². The summed E-state index contributed by atoms with van der Waals surface area (Å²) >= 11 is 12.6. The number of likely N-dealkylation sites (tertiary alicyclic amines) is 1. The van der Waals surface area contributed by atoms with Gasteiger partial charge in [0.2, 0.25) is 15.9 Å². The molecule has 0 bridgehead atoms. The highest BCUT2D eigenvalue weighted by Gasteiger charge is 2.53. The van der Waals surface area contributed by atoms with Crippen LogP contribution in [0, 0.1) is 5.41 Å². The number of carbonyl (C=O) groups excluding carboxylic acids is 1. The van der Waals surface area contributed by atoms with Crippen LogP contribution in [0.1, 0.15) is 69.0 Å². The van der Waals surface area contributed by atoms with Gasteiger partial charge in [-0.05, 0) is 61.1 Å². The predicted molar refractivity (Wildman–Crippen MR) is 149 cm³/mol. The Labute approximate surface area is 234 Å². The zero-order chi connectivity index (χ0) is 27.8. The van der Waals surface area contributed by atoms with Crippen LogP contribution in [0.2, 0.25) is 10.0 Å². The van der Waals surface area contributed by atoms with Gasteiger partial charge in [-0.15, -0.1) is 0 Å². The Bertz CT molecular complexity index is 1300. The monoisotopic (exact) mass is 580 g/mol. The predicted octanol–water partition coefficient (Wildman–Crippen LogP) is 5.73. The maximum Gasteiger partial charge on any atom is 0.304 e. The molecule has 1 heterocycles. The van der Waals surface area contributed by atoms with Crippen LogP contribution < -0.4 is 0 Å². The number of halogens is 2. The van der Waals surface area contributed by atoms with Gasteiger partial charge in [0.1, 0.15) is 0 Å². The van der Waals surface area contributed by atoms with Crippen molar-refractivity contribution >= 4 is 45.1 Å². The number of carboxylic acid groups (broad SMARTS) is 1. The molecule has 2 aromatic rings. The highest BCUT2D eigenvalue weighted by atomic mass is 35.5. The van der Waals surface area contributed by atoms with E-state index in [2.05, 4.69) is 0 Å². The summed E-state index contributed by atoms with van der Waals surface area (Å²) in [6.45, 7) is 3.79. The molecule has 2 aromatic carbocycles. The summed E-state index contributed by atoms with van der Waals surface area (Å²) in [6, 6.07) is 13.7.